The monoisotopic (exact) mass is 325 g/mol. The summed E-state index contributed by atoms with van der Waals surface area (Å²) < 4.78 is 5.72. The molecule has 88 valence electrons. The Morgan fingerprint density at radius 2 is 2.13 bits per heavy atom. The first-order valence-electron chi connectivity index (χ1n) is 5.68. The molecule has 3 nitrogen and oxygen atoms in total. The molecule has 0 unspecified atom stereocenters. The van der Waals surface area contributed by atoms with Crippen molar-refractivity contribution in [2.45, 2.75) is 49.0 Å². The van der Waals surface area contributed by atoms with Gasteiger partial charge < -0.3 is 9.64 Å². The maximum Gasteiger partial charge on any atom is 0.409 e. The van der Waals surface area contributed by atoms with Gasteiger partial charge in [0.05, 0.1) is 6.61 Å². The summed E-state index contributed by atoms with van der Waals surface area (Å²) in [5.41, 5.74) is 0. The second-order valence-corrected chi connectivity index (χ2v) is 5.84. The van der Waals surface area contributed by atoms with E-state index in [1.54, 1.807) is 4.90 Å². The second-order valence-electron chi connectivity index (χ2n) is 4.08. The lowest BCUT2D eigenvalue weighted by Gasteiger charge is -2.27. The quantitative estimate of drug-likeness (QED) is 0.443. The fraction of sp³-hybridized carbons (Fsp3) is 0.909. The molecule has 0 saturated heterocycles. The molecule has 1 fully saturated rings. The van der Waals surface area contributed by atoms with Gasteiger partial charge in [0.1, 0.15) is 0 Å². The molecule has 4 heteroatoms. The van der Waals surface area contributed by atoms with E-state index in [-0.39, 0.29) is 6.09 Å². The van der Waals surface area contributed by atoms with Crippen molar-refractivity contribution >= 4 is 28.7 Å². The SMILES string of the molecule is CCOC(=O)N(C)[C@@H]1CCCC[C@H](I)C1. The molecule has 15 heavy (non-hydrogen) atoms. The largest absolute Gasteiger partial charge is 0.450 e. The van der Waals surface area contributed by atoms with Gasteiger partial charge in [-0.2, -0.15) is 0 Å². The van der Waals surface area contributed by atoms with Crippen LogP contribution in [0.2, 0.25) is 0 Å². The molecule has 0 N–H and O–H groups in total. The molecular formula is C11H20INO2. The van der Waals surface area contributed by atoms with Gasteiger partial charge in [-0.15, -0.1) is 0 Å². The highest BCUT2D eigenvalue weighted by atomic mass is 127. The summed E-state index contributed by atoms with van der Waals surface area (Å²) in [6.45, 7) is 2.31. The minimum atomic E-state index is -0.173. The smallest absolute Gasteiger partial charge is 0.409 e. The van der Waals surface area contributed by atoms with Gasteiger partial charge in [-0.1, -0.05) is 35.4 Å². The molecule has 0 aliphatic heterocycles. The minimum Gasteiger partial charge on any atom is -0.450 e. The lowest BCUT2D eigenvalue weighted by molar-refractivity contribution is 0.0987. The average molecular weight is 325 g/mol. The molecule has 1 rings (SSSR count). The number of hydrogen-bond acceptors (Lipinski definition) is 2. The van der Waals surface area contributed by atoms with Crippen LogP contribution in [0.15, 0.2) is 0 Å². The van der Waals surface area contributed by atoms with Crippen molar-refractivity contribution in [2.24, 2.45) is 0 Å². The van der Waals surface area contributed by atoms with Crippen molar-refractivity contribution in [3.05, 3.63) is 0 Å². The number of hydrogen-bond donors (Lipinski definition) is 0. The third-order valence-corrected chi connectivity index (χ3v) is 4.07. The Labute approximate surface area is 106 Å². The summed E-state index contributed by atoms with van der Waals surface area (Å²) in [7, 11) is 1.86. The summed E-state index contributed by atoms with van der Waals surface area (Å²) in [5.74, 6) is 0. The Kier molecular flexibility index (Phi) is 5.71. The van der Waals surface area contributed by atoms with Crippen LogP contribution in [0.5, 0.6) is 0 Å². The molecule has 1 saturated carbocycles. The van der Waals surface area contributed by atoms with Gasteiger partial charge in [0.2, 0.25) is 0 Å². The van der Waals surface area contributed by atoms with Gasteiger partial charge >= 0.3 is 6.09 Å². The zero-order chi connectivity index (χ0) is 11.3. The Bertz CT molecular complexity index is 211. The Morgan fingerprint density at radius 1 is 1.47 bits per heavy atom. The number of alkyl halides is 1. The molecule has 2 atom stereocenters. The van der Waals surface area contributed by atoms with Crippen LogP contribution in [-0.4, -0.2) is 34.6 Å². The number of amides is 1. The van der Waals surface area contributed by atoms with Crippen LogP contribution in [0.4, 0.5) is 4.79 Å². The highest BCUT2D eigenvalue weighted by Gasteiger charge is 2.25. The van der Waals surface area contributed by atoms with Gasteiger partial charge in [-0.3, -0.25) is 0 Å². The van der Waals surface area contributed by atoms with Crippen LogP contribution in [0, 0.1) is 0 Å². The maximum absolute atomic E-state index is 11.6. The van der Waals surface area contributed by atoms with Crippen molar-refractivity contribution in [1.82, 2.24) is 4.90 Å². The predicted molar refractivity (Wildman–Crippen MR) is 69.5 cm³/mol. The third-order valence-electron chi connectivity index (χ3n) is 2.94. The number of rotatable bonds is 2. The molecule has 1 aliphatic rings. The van der Waals surface area contributed by atoms with E-state index in [1.807, 2.05) is 14.0 Å². The Hall–Kier alpha value is 0. The second kappa shape index (κ2) is 6.55. The van der Waals surface area contributed by atoms with E-state index >= 15 is 0 Å². The van der Waals surface area contributed by atoms with E-state index in [1.165, 1.54) is 19.3 Å². The standard InChI is InChI=1S/C11H20INO2/c1-3-15-11(14)13(2)10-7-5-4-6-9(12)8-10/h9-10H,3-8H2,1-2H3/t9-,10+/m0/s1. The molecule has 0 aromatic carbocycles. The van der Waals surface area contributed by atoms with Crippen molar-refractivity contribution in [3.8, 4) is 0 Å². The van der Waals surface area contributed by atoms with Gasteiger partial charge in [0, 0.05) is 17.0 Å². The van der Waals surface area contributed by atoms with E-state index in [2.05, 4.69) is 22.6 Å². The van der Waals surface area contributed by atoms with E-state index in [0.717, 1.165) is 12.8 Å². The van der Waals surface area contributed by atoms with Crippen molar-refractivity contribution < 1.29 is 9.53 Å². The summed E-state index contributed by atoms with van der Waals surface area (Å²) >= 11 is 2.50. The first kappa shape index (κ1) is 13.1. The summed E-state index contributed by atoms with van der Waals surface area (Å²) in [5, 5.41) is 0. The number of ether oxygens (including phenoxy) is 1. The normalized spacial score (nSPS) is 26.9. The van der Waals surface area contributed by atoms with Crippen LogP contribution in [0.25, 0.3) is 0 Å². The number of carbonyl (C=O) groups is 1. The van der Waals surface area contributed by atoms with Crippen LogP contribution >= 0.6 is 22.6 Å². The summed E-state index contributed by atoms with van der Waals surface area (Å²) in [6, 6.07) is 0.369. The van der Waals surface area contributed by atoms with Crippen LogP contribution in [-0.2, 0) is 4.74 Å². The Balaban J connectivity index is 2.49. The lowest BCUT2D eigenvalue weighted by atomic mass is 10.1. The first-order valence-corrected chi connectivity index (χ1v) is 6.93. The molecular weight excluding hydrogens is 305 g/mol. The van der Waals surface area contributed by atoms with Crippen molar-refractivity contribution in [2.75, 3.05) is 13.7 Å². The fourth-order valence-corrected chi connectivity index (χ4v) is 3.03. The molecule has 0 bridgehead atoms. The molecule has 1 aliphatic carbocycles. The molecule has 0 aromatic heterocycles. The molecule has 0 spiro atoms. The summed E-state index contributed by atoms with van der Waals surface area (Å²) in [4.78, 5) is 13.3. The van der Waals surface area contributed by atoms with Crippen LogP contribution in [0.3, 0.4) is 0 Å². The van der Waals surface area contributed by atoms with E-state index in [0.29, 0.717) is 16.6 Å². The first-order chi connectivity index (χ1) is 7.15. The number of halogens is 1. The molecule has 0 heterocycles. The molecule has 0 radical (unpaired) electrons. The predicted octanol–water partition coefficient (Wildman–Crippen LogP) is 3.21. The van der Waals surface area contributed by atoms with Crippen molar-refractivity contribution in [3.63, 3.8) is 0 Å². The topological polar surface area (TPSA) is 29.5 Å². The molecule has 1 amide bonds. The van der Waals surface area contributed by atoms with E-state index < -0.39 is 0 Å². The van der Waals surface area contributed by atoms with Gasteiger partial charge in [0.25, 0.3) is 0 Å². The highest BCUT2D eigenvalue weighted by Crippen LogP contribution is 2.26. The van der Waals surface area contributed by atoms with Gasteiger partial charge in [-0.05, 0) is 26.2 Å². The fourth-order valence-electron chi connectivity index (χ4n) is 2.00. The zero-order valence-corrected chi connectivity index (χ0v) is 11.7. The van der Waals surface area contributed by atoms with Gasteiger partial charge in [0.15, 0.2) is 0 Å². The number of carbonyl (C=O) groups excluding carboxylic acids is 1. The Morgan fingerprint density at radius 3 is 2.80 bits per heavy atom. The highest BCUT2D eigenvalue weighted by molar-refractivity contribution is 14.1. The zero-order valence-electron chi connectivity index (χ0n) is 9.54. The van der Waals surface area contributed by atoms with E-state index in [9.17, 15) is 4.79 Å². The number of nitrogens with zero attached hydrogens (tertiary/aromatic N) is 1. The van der Waals surface area contributed by atoms with E-state index in [4.69, 9.17) is 4.74 Å². The minimum absolute atomic E-state index is 0.173. The van der Waals surface area contributed by atoms with Crippen LogP contribution in [0.1, 0.15) is 39.0 Å². The average Bonchev–Trinajstić information content (AvgIpc) is 2.42. The van der Waals surface area contributed by atoms with Gasteiger partial charge in [-0.25, -0.2) is 4.79 Å². The maximum atomic E-state index is 11.6. The third kappa shape index (κ3) is 4.17. The molecule has 0 aromatic rings. The summed E-state index contributed by atoms with van der Waals surface area (Å²) in [6.07, 6.45) is 5.86. The van der Waals surface area contributed by atoms with Crippen LogP contribution < -0.4 is 0 Å². The van der Waals surface area contributed by atoms with Crippen molar-refractivity contribution in [1.29, 1.82) is 0 Å². The lowest BCUT2D eigenvalue weighted by Crippen LogP contribution is -2.38.